The van der Waals surface area contributed by atoms with Crippen LogP contribution in [0.2, 0.25) is 0 Å². The summed E-state index contributed by atoms with van der Waals surface area (Å²) in [4.78, 5) is 9.73. The zero-order chi connectivity index (χ0) is 84.1. The first-order chi connectivity index (χ1) is 59.4. The number of ether oxygens (including phenoxy) is 4. The van der Waals surface area contributed by atoms with E-state index in [1.54, 1.807) is 18.2 Å². The molecule has 0 spiro atoms. The molecule has 0 saturated carbocycles. The summed E-state index contributed by atoms with van der Waals surface area (Å²) in [6.07, 6.45) is 8.75. The van der Waals surface area contributed by atoms with Gasteiger partial charge in [0.25, 0.3) is 0 Å². The van der Waals surface area contributed by atoms with Gasteiger partial charge in [-0.15, -0.1) is 0 Å². The van der Waals surface area contributed by atoms with Crippen molar-refractivity contribution in [2.45, 2.75) is 118 Å². The smallest absolute Gasteiger partial charge is 0.124 e. The van der Waals surface area contributed by atoms with Crippen LogP contribution in [-0.2, 0) is 0 Å². The van der Waals surface area contributed by atoms with Gasteiger partial charge in [-0.05, 0) is 244 Å². The third kappa shape index (κ3) is 24.0. The maximum absolute atomic E-state index is 10.1. The minimum atomic E-state index is 0.278. The number of phenolic OH excluding ortho intramolecular Hbond substituents is 2. The van der Waals surface area contributed by atoms with E-state index in [2.05, 4.69) is 293 Å². The SMILES string of the molecule is CCCN1CC(Oc2ccc(/C(=C(/CC)c3ccccc3)c3ccccc3)cc2)C1.CCCN1CC(Oc2ccc(C(=C(CC)c3ccccc3)c3ccc(O)cc3)cc2)C1.CCCN1CC(Oc2ccc(C(=C(CC)c3ccccc3)c3cccc(O)c3)cc2)C1.CCCN1CC(Oc2ccc(C(=C(Cl)c3ccccc3)c3ccccc3)cc2)C1. The number of phenols is 2. The molecular weight excluding hydrogens is 1510 g/mol. The molecule has 0 amide bonds. The van der Waals surface area contributed by atoms with Gasteiger partial charge in [-0.25, -0.2) is 0 Å². The highest BCUT2D eigenvalue weighted by Gasteiger charge is 2.31. The summed E-state index contributed by atoms with van der Waals surface area (Å²) < 4.78 is 24.6. The molecular formula is C110H119ClN4O6. The normalized spacial score (nSPS) is 15.4. The van der Waals surface area contributed by atoms with Gasteiger partial charge in [0.05, 0.1) is 5.03 Å². The number of nitrogens with zero attached hydrogens (tertiary/aromatic N) is 4. The standard InChI is InChI=1S/2C28H31NO2.C28H31NO.C26H26ClNO/c1-3-17-29-19-26(20-29)31-25-15-13-22(14-16-25)28(23-11-8-12-24(30)18-23)27(4-2)21-9-6-5-7-10-21;1-3-18-29-19-26(20-29)31-25-16-12-23(13-17-25)28(22-10-14-24(30)15-11-22)27(4-2)21-8-6-5-7-9-21;1-3-19-29-20-26(21-29)30-25-17-15-24(16-18-25)28(23-13-9-6-10-14-23)27(4-2)22-11-7-5-8-12-22;1-2-17-28-18-24(19-28)29-23-15-13-21(14-16-23)25(20-9-5-3-6-10-20)26(27)22-11-7-4-8-12-22/h5-16,18,26,30H,3-4,17,19-20H2,1-2H3;5-17,26,30H,3-4,18-20H2,1-2H3;5-18,26H,3-4,19-21H2,1-2H3;3-16,24H,2,17-19H2,1H3/b;;28-27-;. The fraction of sp³-hybridized carbons (Fsp3) is 0.273. The topological polar surface area (TPSA) is 90.3 Å². The highest BCUT2D eigenvalue weighted by molar-refractivity contribution is 6.53. The molecule has 12 aromatic carbocycles. The lowest BCUT2D eigenvalue weighted by molar-refractivity contribution is 0.0201. The molecule has 4 fully saturated rings. The van der Waals surface area contributed by atoms with Crippen molar-refractivity contribution in [3.63, 3.8) is 0 Å². The quantitative estimate of drug-likeness (QED) is 0.0410. The van der Waals surface area contributed by atoms with Gasteiger partial charge in [-0.1, -0.05) is 315 Å². The predicted molar refractivity (Wildman–Crippen MR) is 506 cm³/mol. The molecule has 2 N–H and O–H groups in total. The van der Waals surface area contributed by atoms with Crippen LogP contribution in [0.5, 0.6) is 34.5 Å². The van der Waals surface area contributed by atoms with E-state index in [0.717, 1.165) is 169 Å². The molecule has 0 atom stereocenters. The number of likely N-dealkylation sites (tertiary alicyclic amines) is 4. The molecule has 16 rings (SSSR count). The molecule has 0 aliphatic carbocycles. The van der Waals surface area contributed by atoms with Crippen molar-refractivity contribution in [3.8, 4) is 34.5 Å². The Bertz CT molecular complexity index is 5260. The van der Waals surface area contributed by atoms with E-state index < -0.39 is 0 Å². The number of aromatic hydroxyl groups is 2. The summed E-state index contributed by atoms with van der Waals surface area (Å²) in [6.45, 7) is 28.3. The van der Waals surface area contributed by atoms with Crippen molar-refractivity contribution in [1.29, 1.82) is 0 Å². The lowest BCUT2D eigenvalue weighted by Crippen LogP contribution is -2.53. The van der Waals surface area contributed by atoms with Gasteiger partial charge < -0.3 is 29.2 Å². The van der Waals surface area contributed by atoms with Gasteiger partial charge in [-0.3, -0.25) is 19.6 Å². The van der Waals surface area contributed by atoms with Crippen LogP contribution in [0, 0.1) is 0 Å². The van der Waals surface area contributed by atoms with Crippen LogP contribution in [-0.4, -0.2) is 133 Å². The van der Waals surface area contributed by atoms with E-state index in [0.29, 0.717) is 18.3 Å². The van der Waals surface area contributed by atoms with E-state index in [4.69, 9.17) is 30.5 Å². The molecule has 11 heteroatoms. The molecule has 0 unspecified atom stereocenters. The van der Waals surface area contributed by atoms with E-state index >= 15 is 0 Å². The van der Waals surface area contributed by atoms with Gasteiger partial charge in [-0.2, -0.15) is 0 Å². The summed E-state index contributed by atoms with van der Waals surface area (Å²) in [5.74, 6) is 4.27. The number of hydrogen-bond donors (Lipinski definition) is 2. The first kappa shape index (κ1) is 87.4. The third-order valence-corrected chi connectivity index (χ3v) is 23.0. The monoisotopic (exact) mass is 1630 g/mol. The second-order valence-electron chi connectivity index (χ2n) is 31.7. The number of benzene rings is 12. The molecule has 4 aliphatic heterocycles. The largest absolute Gasteiger partial charge is 0.508 e. The average molecular weight is 1630 g/mol. The van der Waals surface area contributed by atoms with Crippen LogP contribution in [0.15, 0.2) is 328 Å². The van der Waals surface area contributed by atoms with Crippen LogP contribution in [0.3, 0.4) is 0 Å². The van der Waals surface area contributed by atoms with Gasteiger partial charge in [0.1, 0.15) is 58.9 Å². The fourth-order valence-electron chi connectivity index (χ4n) is 16.6. The Morgan fingerprint density at radius 2 is 0.471 bits per heavy atom. The lowest BCUT2D eigenvalue weighted by Gasteiger charge is -2.38. The van der Waals surface area contributed by atoms with Crippen LogP contribution in [0.1, 0.15) is 160 Å². The number of hydrogen-bond acceptors (Lipinski definition) is 10. The van der Waals surface area contributed by atoms with Gasteiger partial charge in [0, 0.05) is 57.9 Å². The highest BCUT2D eigenvalue weighted by Crippen LogP contribution is 2.41. The number of halogens is 1. The summed E-state index contributed by atoms with van der Waals surface area (Å²) in [6, 6.07) is 112. The Balaban J connectivity index is 0.000000139. The van der Waals surface area contributed by atoms with Gasteiger partial charge in [0.15, 0.2) is 0 Å². The second kappa shape index (κ2) is 44.7. The average Bonchev–Trinajstić information content (AvgIpc) is 0.812. The van der Waals surface area contributed by atoms with Gasteiger partial charge in [0.2, 0.25) is 0 Å². The van der Waals surface area contributed by atoms with E-state index in [1.807, 2.05) is 84.9 Å². The van der Waals surface area contributed by atoms with Crippen molar-refractivity contribution in [1.82, 2.24) is 19.6 Å². The van der Waals surface area contributed by atoms with Crippen molar-refractivity contribution < 1.29 is 29.2 Å². The van der Waals surface area contributed by atoms with Crippen LogP contribution >= 0.6 is 11.6 Å². The zero-order valence-corrected chi connectivity index (χ0v) is 72.4. The predicted octanol–water partition coefficient (Wildman–Crippen LogP) is 25.3. The molecule has 4 saturated heterocycles. The lowest BCUT2D eigenvalue weighted by atomic mass is 9.88. The first-order valence-corrected chi connectivity index (χ1v) is 44.2. The number of rotatable bonds is 31. The zero-order valence-electron chi connectivity index (χ0n) is 71.6. The Labute approximate surface area is 725 Å². The molecule has 0 aromatic heterocycles. The van der Waals surface area contributed by atoms with E-state index in [-0.39, 0.29) is 17.6 Å². The second-order valence-corrected chi connectivity index (χ2v) is 32.1. The Morgan fingerprint density at radius 3 is 0.736 bits per heavy atom. The molecule has 12 aromatic rings. The van der Waals surface area contributed by atoms with Crippen molar-refractivity contribution in [3.05, 3.63) is 394 Å². The Kier molecular flexibility index (Phi) is 32.3. The molecule has 0 bridgehead atoms. The van der Waals surface area contributed by atoms with E-state index in [9.17, 15) is 10.2 Å². The van der Waals surface area contributed by atoms with Crippen LogP contribution < -0.4 is 18.9 Å². The molecule has 10 nitrogen and oxygen atoms in total. The van der Waals surface area contributed by atoms with E-state index in [1.165, 1.54) is 87.9 Å². The van der Waals surface area contributed by atoms with Crippen LogP contribution in [0.25, 0.3) is 44.0 Å². The van der Waals surface area contributed by atoms with Crippen molar-refractivity contribution >= 4 is 55.6 Å². The fourth-order valence-corrected chi connectivity index (χ4v) is 17.0. The van der Waals surface area contributed by atoms with Crippen LogP contribution in [0.4, 0.5) is 0 Å². The molecule has 0 radical (unpaired) electrons. The summed E-state index contributed by atoms with van der Waals surface area (Å²) in [5.41, 5.74) is 22.4. The molecule has 121 heavy (non-hydrogen) atoms. The third-order valence-electron chi connectivity index (χ3n) is 22.6. The summed E-state index contributed by atoms with van der Waals surface area (Å²) in [5, 5.41) is 20.7. The minimum absolute atomic E-state index is 0.278. The molecule has 4 heterocycles. The summed E-state index contributed by atoms with van der Waals surface area (Å²) >= 11 is 6.89. The van der Waals surface area contributed by atoms with Gasteiger partial charge >= 0.3 is 0 Å². The van der Waals surface area contributed by atoms with Crippen molar-refractivity contribution in [2.24, 2.45) is 0 Å². The number of allylic oxidation sites excluding steroid dienone is 3. The molecule has 622 valence electrons. The Morgan fingerprint density at radius 1 is 0.248 bits per heavy atom. The molecule has 4 aliphatic rings. The minimum Gasteiger partial charge on any atom is -0.508 e. The maximum atomic E-state index is 10.1. The highest BCUT2D eigenvalue weighted by atomic mass is 35.5. The Hall–Kier alpha value is -11.5. The summed E-state index contributed by atoms with van der Waals surface area (Å²) in [7, 11) is 0. The maximum Gasteiger partial charge on any atom is 0.124 e. The van der Waals surface area contributed by atoms with Crippen molar-refractivity contribution in [2.75, 3.05) is 78.5 Å². The first-order valence-electron chi connectivity index (χ1n) is 43.9.